The van der Waals surface area contributed by atoms with Gasteiger partial charge in [-0.2, -0.15) is 0 Å². The molecule has 1 aliphatic heterocycles. The molecule has 0 amide bonds. The number of hydrogen-bond acceptors (Lipinski definition) is 2. The van der Waals surface area contributed by atoms with Crippen LogP contribution in [0, 0.1) is 5.92 Å². The lowest BCUT2D eigenvalue weighted by Crippen LogP contribution is -2.54. The molecular weight excluding hydrogens is 184 g/mol. The van der Waals surface area contributed by atoms with Gasteiger partial charge in [0.05, 0.1) is 0 Å². The van der Waals surface area contributed by atoms with Gasteiger partial charge in [0.1, 0.15) is 0 Å². The molecule has 0 spiro atoms. The van der Waals surface area contributed by atoms with Crippen molar-refractivity contribution in [2.75, 3.05) is 19.6 Å². The second-order valence-electron chi connectivity index (χ2n) is 5.15. The minimum atomic E-state index is 0.733. The van der Waals surface area contributed by atoms with Crippen LogP contribution in [0.15, 0.2) is 0 Å². The molecule has 1 N–H and O–H groups in total. The predicted octanol–water partition coefficient (Wildman–Crippen LogP) is 2.49. The summed E-state index contributed by atoms with van der Waals surface area (Å²) in [6, 6.07) is 1.52. The number of rotatable bonds is 5. The van der Waals surface area contributed by atoms with Crippen LogP contribution in [0.4, 0.5) is 0 Å². The fraction of sp³-hybridized carbons (Fsp3) is 1.00. The second-order valence-corrected chi connectivity index (χ2v) is 5.15. The number of nitrogens with one attached hydrogen (secondary N) is 1. The Morgan fingerprint density at radius 1 is 1.33 bits per heavy atom. The van der Waals surface area contributed by atoms with E-state index in [0.717, 1.165) is 18.0 Å². The van der Waals surface area contributed by atoms with Gasteiger partial charge in [0.2, 0.25) is 0 Å². The summed E-state index contributed by atoms with van der Waals surface area (Å²) in [6.07, 6.45) is 3.91. The molecule has 2 unspecified atom stereocenters. The van der Waals surface area contributed by atoms with Crippen molar-refractivity contribution in [1.82, 2.24) is 10.2 Å². The standard InChI is InChI=1S/C13H28N2/c1-5-7-12-10-15(9-8-14-12)13(6-2)11(3)4/h11-14H,5-10H2,1-4H3. The highest BCUT2D eigenvalue weighted by molar-refractivity contribution is 4.83. The van der Waals surface area contributed by atoms with Crippen molar-refractivity contribution in [3.8, 4) is 0 Å². The predicted molar refractivity (Wildman–Crippen MR) is 67.2 cm³/mol. The van der Waals surface area contributed by atoms with E-state index in [-0.39, 0.29) is 0 Å². The summed E-state index contributed by atoms with van der Waals surface area (Å²) in [7, 11) is 0. The summed E-state index contributed by atoms with van der Waals surface area (Å²) >= 11 is 0. The Kier molecular flexibility index (Phi) is 5.62. The molecular formula is C13H28N2. The van der Waals surface area contributed by atoms with Crippen LogP contribution in [0.5, 0.6) is 0 Å². The molecule has 1 heterocycles. The average Bonchev–Trinajstić information content (AvgIpc) is 2.19. The summed E-state index contributed by atoms with van der Waals surface area (Å²) in [5.41, 5.74) is 0. The average molecular weight is 212 g/mol. The van der Waals surface area contributed by atoms with Crippen molar-refractivity contribution in [3.63, 3.8) is 0 Å². The van der Waals surface area contributed by atoms with Gasteiger partial charge in [-0.15, -0.1) is 0 Å². The Labute approximate surface area is 95.4 Å². The van der Waals surface area contributed by atoms with Crippen molar-refractivity contribution in [2.24, 2.45) is 5.92 Å². The first-order valence-electron chi connectivity index (χ1n) is 6.66. The van der Waals surface area contributed by atoms with Crippen molar-refractivity contribution in [1.29, 1.82) is 0 Å². The van der Waals surface area contributed by atoms with Crippen LogP contribution in [-0.2, 0) is 0 Å². The number of nitrogens with zero attached hydrogens (tertiary/aromatic N) is 1. The van der Waals surface area contributed by atoms with E-state index in [4.69, 9.17) is 0 Å². The molecule has 1 fully saturated rings. The normalized spacial score (nSPS) is 25.8. The lowest BCUT2D eigenvalue weighted by molar-refractivity contribution is 0.107. The highest BCUT2D eigenvalue weighted by atomic mass is 15.2. The zero-order valence-electron chi connectivity index (χ0n) is 10.9. The van der Waals surface area contributed by atoms with Crippen molar-refractivity contribution in [3.05, 3.63) is 0 Å². The molecule has 0 aromatic carbocycles. The molecule has 0 aromatic rings. The van der Waals surface area contributed by atoms with E-state index in [1.807, 2.05) is 0 Å². The maximum atomic E-state index is 3.63. The van der Waals surface area contributed by atoms with E-state index >= 15 is 0 Å². The lowest BCUT2D eigenvalue weighted by Gasteiger charge is -2.40. The van der Waals surface area contributed by atoms with Crippen molar-refractivity contribution < 1.29 is 0 Å². The number of hydrogen-bond donors (Lipinski definition) is 1. The molecule has 1 saturated heterocycles. The van der Waals surface area contributed by atoms with Gasteiger partial charge >= 0.3 is 0 Å². The van der Waals surface area contributed by atoms with Gasteiger partial charge < -0.3 is 5.32 Å². The zero-order chi connectivity index (χ0) is 11.3. The van der Waals surface area contributed by atoms with Gasteiger partial charge in [-0.1, -0.05) is 34.1 Å². The minimum Gasteiger partial charge on any atom is -0.311 e. The van der Waals surface area contributed by atoms with Gasteiger partial charge in [-0.05, 0) is 18.8 Å². The molecule has 90 valence electrons. The maximum Gasteiger partial charge on any atom is 0.0195 e. The highest BCUT2D eigenvalue weighted by Crippen LogP contribution is 2.17. The van der Waals surface area contributed by atoms with E-state index < -0.39 is 0 Å². The second kappa shape index (κ2) is 6.49. The zero-order valence-corrected chi connectivity index (χ0v) is 10.9. The molecule has 1 rings (SSSR count). The molecule has 0 aliphatic carbocycles. The van der Waals surface area contributed by atoms with Gasteiger partial charge in [-0.3, -0.25) is 4.90 Å². The van der Waals surface area contributed by atoms with E-state index in [2.05, 4.69) is 37.9 Å². The Morgan fingerprint density at radius 2 is 2.07 bits per heavy atom. The Balaban J connectivity index is 2.46. The first kappa shape index (κ1) is 13.0. The SMILES string of the molecule is CCCC1CN(C(CC)C(C)C)CCN1. The van der Waals surface area contributed by atoms with Crippen molar-refractivity contribution >= 4 is 0 Å². The van der Waals surface area contributed by atoms with Crippen LogP contribution in [0.25, 0.3) is 0 Å². The van der Waals surface area contributed by atoms with Crippen molar-refractivity contribution in [2.45, 2.75) is 59.0 Å². The molecule has 2 atom stereocenters. The largest absolute Gasteiger partial charge is 0.311 e. The van der Waals surface area contributed by atoms with Crippen LogP contribution >= 0.6 is 0 Å². The molecule has 0 bridgehead atoms. The molecule has 2 heteroatoms. The molecule has 1 aliphatic rings. The van der Waals surface area contributed by atoms with E-state index in [1.54, 1.807) is 0 Å². The van der Waals surface area contributed by atoms with Gasteiger partial charge in [0, 0.05) is 31.7 Å². The molecule has 0 aromatic heterocycles. The maximum absolute atomic E-state index is 3.63. The lowest BCUT2D eigenvalue weighted by atomic mass is 9.97. The third-order valence-corrected chi connectivity index (χ3v) is 3.58. The van der Waals surface area contributed by atoms with Crippen LogP contribution in [0.1, 0.15) is 47.0 Å². The highest BCUT2D eigenvalue weighted by Gasteiger charge is 2.25. The summed E-state index contributed by atoms with van der Waals surface area (Å²) in [5.74, 6) is 0.787. The van der Waals surface area contributed by atoms with E-state index in [1.165, 1.54) is 38.9 Å². The Hall–Kier alpha value is -0.0800. The third-order valence-electron chi connectivity index (χ3n) is 3.58. The smallest absolute Gasteiger partial charge is 0.0195 e. The van der Waals surface area contributed by atoms with Crippen LogP contribution in [0.3, 0.4) is 0 Å². The Morgan fingerprint density at radius 3 is 2.60 bits per heavy atom. The summed E-state index contributed by atoms with van der Waals surface area (Å²) < 4.78 is 0. The topological polar surface area (TPSA) is 15.3 Å². The third kappa shape index (κ3) is 3.76. The first-order valence-corrected chi connectivity index (χ1v) is 6.66. The van der Waals surface area contributed by atoms with Gasteiger partial charge in [0.15, 0.2) is 0 Å². The minimum absolute atomic E-state index is 0.733. The molecule has 15 heavy (non-hydrogen) atoms. The fourth-order valence-electron chi connectivity index (χ4n) is 2.85. The monoisotopic (exact) mass is 212 g/mol. The van der Waals surface area contributed by atoms with Crippen LogP contribution < -0.4 is 5.32 Å². The van der Waals surface area contributed by atoms with Crippen LogP contribution in [-0.4, -0.2) is 36.6 Å². The van der Waals surface area contributed by atoms with Crippen LogP contribution in [0.2, 0.25) is 0 Å². The molecule has 0 radical (unpaired) electrons. The Bertz CT molecular complexity index is 166. The quantitative estimate of drug-likeness (QED) is 0.753. The van der Waals surface area contributed by atoms with E-state index in [9.17, 15) is 0 Å². The van der Waals surface area contributed by atoms with Gasteiger partial charge in [-0.25, -0.2) is 0 Å². The van der Waals surface area contributed by atoms with Gasteiger partial charge in [0.25, 0.3) is 0 Å². The molecule has 2 nitrogen and oxygen atoms in total. The fourth-order valence-corrected chi connectivity index (χ4v) is 2.85. The summed E-state index contributed by atoms with van der Waals surface area (Å²) in [5, 5.41) is 3.63. The summed E-state index contributed by atoms with van der Waals surface area (Å²) in [4.78, 5) is 2.70. The summed E-state index contributed by atoms with van der Waals surface area (Å²) in [6.45, 7) is 13.0. The molecule has 0 saturated carbocycles. The van der Waals surface area contributed by atoms with E-state index in [0.29, 0.717) is 0 Å². The number of piperazine rings is 1. The first-order chi connectivity index (χ1) is 7.19.